The molecule has 1 aliphatic carbocycles. The zero-order valence-electron chi connectivity index (χ0n) is 11.7. The van der Waals surface area contributed by atoms with Crippen LogP contribution in [0.15, 0.2) is 0 Å². The Bertz CT molecular complexity index is 329. The number of likely N-dealkylation sites (tertiary alicyclic amines) is 1. The molecule has 2 aliphatic rings. The number of nitrogens with zero attached hydrogens (tertiary/aromatic N) is 1. The highest BCUT2D eigenvalue weighted by Crippen LogP contribution is 2.30. The Morgan fingerprint density at radius 1 is 1.33 bits per heavy atom. The van der Waals surface area contributed by atoms with Gasteiger partial charge in [0.25, 0.3) is 0 Å². The molecule has 2 rings (SSSR count). The third-order valence-electron chi connectivity index (χ3n) is 4.54. The summed E-state index contributed by atoms with van der Waals surface area (Å²) in [6.45, 7) is 5.14. The van der Waals surface area contributed by atoms with Crippen molar-refractivity contribution in [3.05, 3.63) is 0 Å². The SMILES string of the molecule is CC1(C)CN(C(=O)CCC2CCCC2)CCC1=O. The van der Waals surface area contributed by atoms with Crippen LogP contribution in [0.25, 0.3) is 0 Å². The summed E-state index contributed by atoms with van der Waals surface area (Å²) in [6.07, 6.45) is 7.53. The largest absolute Gasteiger partial charge is 0.341 e. The second kappa shape index (κ2) is 5.41. The Hall–Kier alpha value is -0.860. The minimum Gasteiger partial charge on any atom is -0.341 e. The summed E-state index contributed by atoms with van der Waals surface area (Å²) in [5, 5.41) is 0. The van der Waals surface area contributed by atoms with Crippen molar-refractivity contribution in [1.29, 1.82) is 0 Å². The zero-order chi connectivity index (χ0) is 13.2. The van der Waals surface area contributed by atoms with Crippen LogP contribution >= 0.6 is 0 Å². The Balaban J connectivity index is 1.80. The molecule has 3 heteroatoms. The molecule has 1 saturated carbocycles. The van der Waals surface area contributed by atoms with Crippen molar-refractivity contribution in [2.75, 3.05) is 13.1 Å². The quantitative estimate of drug-likeness (QED) is 0.773. The van der Waals surface area contributed by atoms with Crippen LogP contribution in [-0.2, 0) is 9.59 Å². The van der Waals surface area contributed by atoms with E-state index in [1.165, 1.54) is 25.7 Å². The topological polar surface area (TPSA) is 37.4 Å². The summed E-state index contributed by atoms with van der Waals surface area (Å²) in [5.41, 5.74) is -0.346. The van der Waals surface area contributed by atoms with Gasteiger partial charge in [-0.1, -0.05) is 39.5 Å². The summed E-state index contributed by atoms with van der Waals surface area (Å²) in [5.74, 6) is 1.32. The van der Waals surface area contributed by atoms with Gasteiger partial charge in [-0.3, -0.25) is 9.59 Å². The van der Waals surface area contributed by atoms with Crippen molar-refractivity contribution in [3.8, 4) is 0 Å². The predicted octanol–water partition coefficient (Wildman–Crippen LogP) is 2.78. The van der Waals surface area contributed by atoms with Crippen LogP contribution in [0, 0.1) is 11.3 Å². The van der Waals surface area contributed by atoms with Crippen LogP contribution in [0.1, 0.15) is 58.8 Å². The lowest BCUT2D eigenvalue weighted by molar-refractivity contribution is -0.141. The number of ketones is 1. The first-order valence-corrected chi connectivity index (χ1v) is 7.30. The second-order valence-electron chi connectivity index (χ2n) is 6.56. The van der Waals surface area contributed by atoms with Gasteiger partial charge in [0, 0.05) is 31.3 Å². The van der Waals surface area contributed by atoms with Crippen LogP contribution in [0.4, 0.5) is 0 Å². The first-order valence-electron chi connectivity index (χ1n) is 7.30. The normalized spacial score (nSPS) is 24.6. The molecule has 0 atom stereocenters. The Kier molecular flexibility index (Phi) is 4.08. The maximum atomic E-state index is 12.2. The van der Waals surface area contributed by atoms with Crippen molar-refractivity contribution in [2.45, 2.75) is 58.8 Å². The summed E-state index contributed by atoms with van der Waals surface area (Å²) in [4.78, 5) is 25.8. The summed E-state index contributed by atoms with van der Waals surface area (Å²) in [6, 6.07) is 0. The van der Waals surface area contributed by atoms with Gasteiger partial charge >= 0.3 is 0 Å². The number of hydrogen-bond donors (Lipinski definition) is 0. The van der Waals surface area contributed by atoms with E-state index in [1.807, 2.05) is 18.7 Å². The van der Waals surface area contributed by atoms with Crippen molar-refractivity contribution >= 4 is 11.7 Å². The molecule has 1 amide bonds. The third-order valence-corrected chi connectivity index (χ3v) is 4.54. The lowest BCUT2D eigenvalue weighted by Crippen LogP contribution is -2.48. The maximum Gasteiger partial charge on any atom is 0.222 e. The van der Waals surface area contributed by atoms with E-state index >= 15 is 0 Å². The van der Waals surface area contributed by atoms with Gasteiger partial charge in [-0.15, -0.1) is 0 Å². The Morgan fingerprint density at radius 2 is 2.00 bits per heavy atom. The molecule has 1 aliphatic heterocycles. The molecule has 2 fully saturated rings. The van der Waals surface area contributed by atoms with Crippen molar-refractivity contribution < 1.29 is 9.59 Å². The van der Waals surface area contributed by atoms with Crippen molar-refractivity contribution in [1.82, 2.24) is 4.90 Å². The smallest absolute Gasteiger partial charge is 0.222 e. The predicted molar refractivity (Wildman–Crippen MR) is 71.2 cm³/mol. The van der Waals surface area contributed by atoms with Crippen molar-refractivity contribution in [2.24, 2.45) is 11.3 Å². The van der Waals surface area contributed by atoms with Gasteiger partial charge in [-0.05, 0) is 12.3 Å². The minimum absolute atomic E-state index is 0.252. The summed E-state index contributed by atoms with van der Waals surface area (Å²) in [7, 11) is 0. The Morgan fingerprint density at radius 3 is 2.61 bits per heavy atom. The van der Waals surface area contributed by atoms with E-state index in [2.05, 4.69) is 0 Å². The molecule has 0 aromatic carbocycles. The molecule has 18 heavy (non-hydrogen) atoms. The fraction of sp³-hybridized carbons (Fsp3) is 0.867. The molecule has 102 valence electrons. The van der Waals surface area contributed by atoms with Gasteiger partial charge in [0.15, 0.2) is 0 Å². The lowest BCUT2D eigenvalue weighted by Gasteiger charge is -2.37. The van der Waals surface area contributed by atoms with Gasteiger partial charge in [0.2, 0.25) is 5.91 Å². The maximum absolute atomic E-state index is 12.2. The summed E-state index contributed by atoms with van der Waals surface area (Å²) >= 11 is 0. The number of carbonyl (C=O) groups excluding carboxylic acids is 2. The first-order chi connectivity index (χ1) is 8.49. The van der Waals surface area contributed by atoms with Crippen LogP contribution in [0.2, 0.25) is 0 Å². The number of amides is 1. The monoisotopic (exact) mass is 251 g/mol. The number of Topliss-reactive ketones (excluding diaryl/α,β-unsaturated/α-hetero) is 1. The molecule has 3 nitrogen and oxygen atoms in total. The van der Waals surface area contributed by atoms with E-state index in [1.54, 1.807) is 0 Å². The molecule has 0 radical (unpaired) electrons. The van der Waals surface area contributed by atoms with E-state index in [4.69, 9.17) is 0 Å². The molecular formula is C15H25NO2. The highest BCUT2D eigenvalue weighted by atomic mass is 16.2. The van der Waals surface area contributed by atoms with Gasteiger partial charge in [-0.25, -0.2) is 0 Å². The Labute approximate surface area is 110 Å². The van der Waals surface area contributed by atoms with Crippen LogP contribution in [0.5, 0.6) is 0 Å². The van der Waals surface area contributed by atoms with E-state index in [0.29, 0.717) is 31.7 Å². The summed E-state index contributed by atoms with van der Waals surface area (Å²) < 4.78 is 0. The average molecular weight is 251 g/mol. The molecule has 1 heterocycles. The van der Waals surface area contributed by atoms with E-state index in [9.17, 15) is 9.59 Å². The molecular weight excluding hydrogens is 226 g/mol. The number of piperidine rings is 1. The van der Waals surface area contributed by atoms with Crippen LogP contribution in [-0.4, -0.2) is 29.7 Å². The van der Waals surface area contributed by atoms with Crippen molar-refractivity contribution in [3.63, 3.8) is 0 Å². The molecule has 0 N–H and O–H groups in total. The molecule has 0 unspecified atom stereocenters. The fourth-order valence-corrected chi connectivity index (χ4v) is 3.22. The van der Waals surface area contributed by atoms with Gasteiger partial charge in [-0.2, -0.15) is 0 Å². The fourth-order valence-electron chi connectivity index (χ4n) is 3.22. The van der Waals surface area contributed by atoms with E-state index in [-0.39, 0.29) is 11.3 Å². The number of carbonyl (C=O) groups is 2. The molecule has 0 bridgehead atoms. The van der Waals surface area contributed by atoms with Gasteiger partial charge in [0.05, 0.1) is 0 Å². The molecule has 0 spiro atoms. The van der Waals surface area contributed by atoms with Gasteiger partial charge in [0.1, 0.15) is 5.78 Å². The second-order valence-corrected chi connectivity index (χ2v) is 6.56. The zero-order valence-corrected chi connectivity index (χ0v) is 11.7. The van der Waals surface area contributed by atoms with Gasteiger partial charge < -0.3 is 4.90 Å². The molecule has 0 aromatic rings. The van der Waals surface area contributed by atoms with Crippen LogP contribution < -0.4 is 0 Å². The molecule has 1 saturated heterocycles. The average Bonchev–Trinajstić information content (AvgIpc) is 2.82. The highest BCUT2D eigenvalue weighted by Gasteiger charge is 2.35. The van der Waals surface area contributed by atoms with Crippen LogP contribution in [0.3, 0.4) is 0 Å². The molecule has 0 aromatic heterocycles. The number of rotatable bonds is 3. The third kappa shape index (κ3) is 3.12. The van der Waals surface area contributed by atoms with E-state index < -0.39 is 0 Å². The number of hydrogen-bond acceptors (Lipinski definition) is 2. The van der Waals surface area contributed by atoms with E-state index in [0.717, 1.165) is 12.3 Å². The minimum atomic E-state index is -0.346. The standard InChI is InChI=1S/C15H25NO2/c1-15(2)11-16(10-9-13(15)17)14(18)8-7-12-5-3-4-6-12/h12H,3-11H2,1-2H3. The highest BCUT2D eigenvalue weighted by molar-refractivity contribution is 5.87. The lowest BCUT2D eigenvalue weighted by atomic mass is 9.82. The first kappa shape index (κ1) is 13.6.